The van der Waals surface area contributed by atoms with Gasteiger partial charge in [-0.05, 0) is 55.6 Å². The predicted molar refractivity (Wildman–Crippen MR) is 77.9 cm³/mol. The first-order valence-electron chi connectivity index (χ1n) is 5.31. The first-order valence-corrected chi connectivity index (χ1v) is 6.89. The van der Waals surface area contributed by atoms with Gasteiger partial charge in [0, 0.05) is 6.20 Å². The van der Waals surface area contributed by atoms with Gasteiger partial charge >= 0.3 is 0 Å². The number of amides is 1. The molecule has 7 heteroatoms. The molecule has 0 aliphatic carbocycles. The van der Waals surface area contributed by atoms with Crippen molar-refractivity contribution >= 4 is 43.6 Å². The van der Waals surface area contributed by atoms with Crippen molar-refractivity contribution in [3.05, 3.63) is 45.2 Å². The van der Waals surface area contributed by atoms with Gasteiger partial charge in [-0.15, -0.1) is 0 Å². The van der Waals surface area contributed by atoms with Crippen LogP contribution < -0.4 is 5.32 Å². The zero-order valence-electron chi connectivity index (χ0n) is 9.60. The van der Waals surface area contributed by atoms with Crippen molar-refractivity contribution in [1.82, 2.24) is 9.97 Å². The Morgan fingerprint density at radius 3 is 2.84 bits per heavy atom. The summed E-state index contributed by atoms with van der Waals surface area (Å²) >= 11 is 6.45. The molecule has 2 aromatic heterocycles. The van der Waals surface area contributed by atoms with Gasteiger partial charge in [-0.3, -0.25) is 4.79 Å². The predicted octanol–water partition coefficient (Wildman–Crippen LogP) is 2.89. The average Bonchev–Trinajstić information content (AvgIpc) is 2.37. The highest BCUT2D eigenvalue weighted by Crippen LogP contribution is 2.23. The van der Waals surface area contributed by atoms with Crippen LogP contribution in [0.25, 0.3) is 0 Å². The van der Waals surface area contributed by atoms with Crippen LogP contribution in [0.3, 0.4) is 0 Å². The van der Waals surface area contributed by atoms with Crippen LogP contribution in [0.4, 0.5) is 5.82 Å². The molecule has 2 rings (SSSR count). The van der Waals surface area contributed by atoms with E-state index < -0.39 is 0 Å². The Morgan fingerprint density at radius 1 is 1.32 bits per heavy atom. The third-order valence-corrected chi connectivity index (χ3v) is 3.44. The number of rotatable bonds is 3. The topological polar surface area (TPSA) is 75.1 Å². The van der Waals surface area contributed by atoms with Gasteiger partial charge in [0.2, 0.25) is 5.91 Å². The number of carbonyl (C=O) groups excluding carboxylic acids is 1. The Kier molecular flexibility index (Phi) is 4.49. The van der Waals surface area contributed by atoms with E-state index in [1.807, 2.05) is 0 Å². The van der Waals surface area contributed by atoms with Crippen molar-refractivity contribution < 1.29 is 9.90 Å². The van der Waals surface area contributed by atoms with E-state index >= 15 is 0 Å². The molecule has 0 radical (unpaired) electrons. The van der Waals surface area contributed by atoms with Crippen LogP contribution in [0.1, 0.15) is 5.56 Å². The van der Waals surface area contributed by atoms with Crippen molar-refractivity contribution in [2.24, 2.45) is 0 Å². The van der Waals surface area contributed by atoms with Crippen LogP contribution in [0.2, 0.25) is 0 Å². The highest BCUT2D eigenvalue weighted by Gasteiger charge is 2.11. The number of anilines is 1. The minimum Gasteiger partial charge on any atom is -0.504 e. The molecule has 19 heavy (non-hydrogen) atoms. The standard InChI is InChI=1S/C12H9Br2N3O2/c13-9-4-3-8(18)12(16-9)17-10(19)6-7-2-1-5-15-11(7)14/h1-5,18H,6H2,(H,16,17,19). The summed E-state index contributed by atoms with van der Waals surface area (Å²) in [6, 6.07) is 6.59. The summed E-state index contributed by atoms with van der Waals surface area (Å²) in [4.78, 5) is 19.9. The molecule has 0 saturated heterocycles. The highest BCUT2D eigenvalue weighted by atomic mass is 79.9. The van der Waals surface area contributed by atoms with Gasteiger partial charge in [0.15, 0.2) is 11.6 Å². The van der Waals surface area contributed by atoms with Gasteiger partial charge in [-0.25, -0.2) is 9.97 Å². The zero-order chi connectivity index (χ0) is 13.8. The maximum atomic E-state index is 11.9. The third kappa shape index (κ3) is 3.74. The number of hydrogen-bond donors (Lipinski definition) is 2. The quantitative estimate of drug-likeness (QED) is 0.795. The van der Waals surface area contributed by atoms with Gasteiger partial charge in [0.25, 0.3) is 0 Å². The van der Waals surface area contributed by atoms with E-state index in [1.165, 1.54) is 6.07 Å². The van der Waals surface area contributed by atoms with Crippen LogP contribution >= 0.6 is 31.9 Å². The van der Waals surface area contributed by atoms with E-state index in [1.54, 1.807) is 24.4 Å². The second-order valence-electron chi connectivity index (χ2n) is 3.68. The Hall–Kier alpha value is -1.47. The van der Waals surface area contributed by atoms with Crippen LogP contribution in [-0.2, 0) is 11.2 Å². The number of nitrogens with zero attached hydrogens (tertiary/aromatic N) is 2. The van der Waals surface area contributed by atoms with Crippen LogP contribution in [0.5, 0.6) is 5.75 Å². The van der Waals surface area contributed by atoms with Gasteiger partial charge in [-0.1, -0.05) is 6.07 Å². The number of halogens is 2. The Morgan fingerprint density at radius 2 is 2.11 bits per heavy atom. The fourth-order valence-corrected chi connectivity index (χ4v) is 2.12. The lowest BCUT2D eigenvalue weighted by Crippen LogP contribution is -2.16. The van der Waals surface area contributed by atoms with Crippen molar-refractivity contribution in [3.63, 3.8) is 0 Å². The lowest BCUT2D eigenvalue weighted by atomic mass is 10.2. The molecular formula is C12H9Br2N3O2. The van der Waals surface area contributed by atoms with Gasteiger partial charge in [-0.2, -0.15) is 0 Å². The molecule has 1 amide bonds. The summed E-state index contributed by atoms with van der Waals surface area (Å²) in [6.07, 6.45) is 1.77. The van der Waals surface area contributed by atoms with Gasteiger partial charge in [0.05, 0.1) is 6.42 Å². The zero-order valence-corrected chi connectivity index (χ0v) is 12.8. The summed E-state index contributed by atoms with van der Waals surface area (Å²) in [6.45, 7) is 0. The Labute approximate surface area is 126 Å². The third-order valence-electron chi connectivity index (χ3n) is 2.29. The van der Waals surface area contributed by atoms with E-state index in [2.05, 4.69) is 47.1 Å². The Bertz CT molecular complexity index is 620. The first kappa shape index (κ1) is 14.0. The highest BCUT2D eigenvalue weighted by molar-refractivity contribution is 9.10. The Balaban J connectivity index is 2.10. The lowest BCUT2D eigenvalue weighted by Gasteiger charge is -2.07. The molecule has 0 atom stereocenters. The fourth-order valence-electron chi connectivity index (χ4n) is 1.42. The molecule has 0 fully saturated rings. The second-order valence-corrected chi connectivity index (χ2v) is 5.24. The van der Waals surface area contributed by atoms with E-state index in [0.717, 1.165) is 5.56 Å². The molecule has 0 spiro atoms. The van der Waals surface area contributed by atoms with Crippen molar-refractivity contribution in [2.45, 2.75) is 6.42 Å². The molecule has 0 bridgehead atoms. The van der Waals surface area contributed by atoms with E-state index in [-0.39, 0.29) is 23.9 Å². The minimum atomic E-state index is -0.283. The largest absolute Gasteiger partial charge is 0.504 e. The molecule has 2 N–H and O–H groups in total. The molecule has 98 valence electrons. The monoisotopic (exact) mass is 385 g/mol. The molecule has 5 nitrogen and oxygen atoms in total. The summed E-state index contributed by atoms with van der Waals surface area (Å²) in [5.74, 6) is -0.240. The molecule has 0 aliphatic rings. The maximum absolute atomic E-state index is 11.9. The number of aromatic hydroxyl groups is 1. The number of aromatic nitrogens is 2. The normalized spacial score (nSPS) is 10.2. The van der Waals surface area contributed by atoms with Crippen LogP contribution in [-0.4, -0.2) is 21.0 Å². The average molecular weight is 387 g/mol. The number of nitrogens with one attached hydrogen (secondary N) is 1. The van der Waals surface area contributed by atoms with E-state index in [0.29, 0.717) is 9.21 Å². The molecule has 2 aromatic rings. The molecule has 0 unspecified atom stereocenters. The second kappa shape index (κ2) is 6.12. The van der Waals surface area contributed by atoms with Gasteiger partial charge in [0.1, 0.15) is 9.21 Å². The summed E-state index contributed by atoms with van der Waals surface area (Å²) in [7, 11) is 0. The van der Waals surface area contributed by atoms with Crippen LogP contribution in [0.15, 0.2) is 39.7 Å². The molecular weight excluding hydrogens is 378 g/mol. The summed E-state index contributed by atoms with van der Waals surface area (Å²) < 4.78 is 1.15. The fraction of sp³-hybridized carbons (Fsp3) is 0.0833. The molecule has 2 heterocycles. The molecule has 0 saturated carbocycles. The SMILES string of the molecule is O=C(Cc1cccnc1Br)Nc1nc(Br)ccc1O. The number of carbonyl (C=O) groups is 1. The van der Waals surface area contributed by atoms with Crippen molar-refractivity contribution in [1.29, 1.82) is 0 Å². The summed E-state index contributed by atoms with van der Waals surface area (Å²) in [5, 5.41) is 12.1. The van der Waals surface area contributed by atoms with Crippen molar-refractivity contribution in [2.75, 3.05) is 5.32 Å². The van der Waals surface area contributed by atoms with Crippen molar-refractivity contribution in [3.8, 4) is 5.75 Å². The van der Waals surface area contributed by atoms with Gasteiger partial charge < -0.3 is 10.4 Å². The van der Waals surface area contributed by atoms with Crippen LogP contribution in [0, 0.1) is 0 Å². The molecule has 0 aromatic carbocycles. The smallest absolute Gasteiger partial charge is 0.230 e. The lowest BCUT2D eigenvalue weighted by molar-refractivity contribution is -0.115. The molecule has 0 aliphatic heterocycles. The maximum Gasteiger partial charge on any atom is 0.230 e. The summed E-state index contributed by atoms with van der Waals surface area (Å²) in [5.41, 5.74) is 0.759. The van der Waals surface area contributed by atoms with E-state index in [4.69, 9.17) is 0 Å². The number of pyridine rings is 2. The number of hydrogen-bond acceptors (Lipinski definition) is 4. The first-order chi connectivity index (χ1) is 9.06. The van der Waals surface area contributed by atoms with E-state index in [9.17, 15) is 9.90 Å². The minimum absolute atomic E-state index is 0.0817.